The predicted molar refractivity (Wildman–Crippen MR) is 117 cm³/mol. The van der Waals surface area contributed by atoms with Crippen molar-refractivity contribution in [3.63, 3.8) is 0 Å². The molecule has 0 spiro atoms. The Hall–Kier alpha value is -1.00. The van der Waals surface area contributed by atoms with Crippen LogP contribution in [0.3, 0.4) is 0 Å². The third kappa shape index (κ3) is 9.57. The number of alkyl halides is 3. The molecule has 1 fully saturated rings. The van der Waals surface area contributed by atoms with Crippen LogP contribution in [0, 0.1) is 5.41 Å². The molecule has 178 valence electrons. The molecule has 13 heteroatoms. The van der Waals surface area contributed by atoms with Gasteiger partial charge in [-0.05, 0) is 18.4 Å². The number of carbonyl (C=O) groups excluding carboxylic acids is 1. The fourth-order valence-electron chi connectivity index (χ4n) is 2.81. The lowest BCUT2D eigenvalue weighted by Gasteiger charge is -2.44. The smallest absolute Gasteiger partial charge is 0.302 e. The number of halogens is 3. The maximum Gasteiger partial charge on any atom is 0.302 e. The molecule has 0 amide bonds. The fourth-order valence-corrected chi connectivity index (χ4v) is 2.94. The summed E-state index contributed by atoms with van der Waals surface area (Å²) in [5, 5.41) is 11.6. The molecule has 1 N–H and O–H groups in total. The Morgan fingerprint density at radius 3 is 2.23 bits per heavy atom. The lowest BCUT2D eigenvalue weighted by atomic mass is 9.96. The van der Waals surface area contributed by atoms with E-state index >= 15 is 0 Å². The standard InChI is InChI=1S/C18H29Cl3N4O6/c1-4-6-8-27-14-12(10-29-11(3)26)30-16(31-17(22)18(19,20)21)13(24-25-23)15(14)28-9-7-5-2/h12-16,22H,4-10H2,1-3H3/t12?,13?,14-,15-,16-/m1/s1. The van der Waals surface area contributed by atoms with Gasteiger partial charge in [0.2, 0.25) is 12.2 Å². The Morgan fingerprint density at radius 2 is 1.74 bits per heavy atom. The molecule has 1 rings (SSSR count). The van der Waals surface area contributed by atoms with E-state index in [0.717, 1.165) is 25.7 Å². The van der Waals surface area contributed by atoms with Crippen molar-refractivity contribution in [3.05, 3.63) is 10.4 Å². The van der Waals surface area contributed by atoms with Crippen LogP contribution in [0.25, 0.3) is 10.4 Å². The largest absolute Gasteiger partial charge is 0.463 e. The number of rotatable bonds is 12. The summed E-state index contributed by atoms with van der Waals surface area (Å²) in [7, 11) is 0. The van der Waals surface area contributed by atoms with Gasteiger partial charge in [0.05, 0.1) is 0 Å². The summed E-state index contributed by atoms with van der Waals surface area (Å²) in [5.41, 5.74) is 9.11. The van der Waals surface area contributed by atoms with Crippen LogP contribution < -0.4 is 0 Å². The van der Waals surface area contributed by atoms with Crippen molar-refractivity contribution in [2.45, 2.75) is 80.9 Å². The van der Waals surface area contributed by atoms with E-state index in [4.69, 9.17) is 69.4 Å². The number of azide groups is 1. The van der Waals surface area contributed by atoms with Gasteiger partial charge in [-0.25, -0.2) is 0 Å². The van der Waals surface area contributed by atoms with E-state index in [1.165, 1.54) is 6.92 Å². The summed E-state index contributed by atoms with van der Waals surface area (Å²) in [4.78, 5) is 14.2. The number of carbonyl (C=O) groups is 1. The van der Waals surface area contributed by atoms with Crippen LogP contribution in [0.2, 0.25) is 0 Å². The second-order valence-electron chi connectivity index (χ2n) is 6.86. The summed E-state index contributed by atoms with van der Waals surface area (Å²) in [6.07, 6.45) is -0.361. The van der Waals surface area contributed by atoms with E-state index in [0.29, 0.717) is 13.2 Å². The molecule has 1 heterocycles. The van der Waals surface area contributed by atoms with Crippen molar-refractivity contribution in [2.24, 2.45) is 5.11 Å². The summed E-state index contributed by atoms with van der Waals surface area (Å²) in [5.74, 6) is -1.23. The molecule has 0 aliphatic carbocycles. The first-order chi connectivity index (χ1) is 14.6. The van der Waals surface area contributed by atoms with Gasteiger partial charge < -0.3 is 23.7 Å². The minimum Gasteiger partial charge on any atom is -0.463 e. The van der Waals surface area contributed by atoms with Crippen LogP contribution in [0.4, 0.5) is 0 Å². The third-order valence-corrected chi connectivity index (χ3v) is 4.87. The fraction of sp³-hybridized carbons (Fsp3) is 0.889. The van der Waals surface area contributed by atoms with Gasteiger partial charge >= 0.3 is 5.97 Å². The molecule has 0 aromatic heterocycles. The van der Waals surface area contributed by atoms with Gasteiger partial charge in [0, 0.05) is 25.0 Å². The average Bonchev–Trinajstić information content (AvgIpc) is 2.69. The first-order valence-corrected chi connectivity index (χ1v) is 11.2. The first-order valence-electron chi connectivity index (χ1n) is 10.0. The van der Waals surface area contributed by atoms with Crippen LogP contribution in [0.15, 0.2) is 5.11 Å². The number of ether oxygens (including phenoxy) is 5. The summed E-state index contributed by atoms with van der Waals surface area (Å²) < 4.78 is 26.2. The molecule has 1 aliphatic rings. The molecule has 0 radical (unpaired) electrons. The Labute approximate surface area is 196 Å². The van der Waals surface area contributed by atoms with E-state index in [1.807, 2.05) is 13.8 Å². The molecule has 5 atom stereocenters. The molecule has 0 aromatic carbocycles. The second kappa shape index (κ2) is 14.2. The Morgan fingerprint density at radius 1 is 1.16 bits per heavy atom. The van der Waals surface area contributed by atoms with Crippen LogP contribution in [0.1, 0.15) is 46.5 Å². The van der Waals surface area contributed by atoms with Crippen molar-refractivity contribution in [1.29, 1.82) is 5.41 Å². The SMILES string of the molecule is CCCCO[C@@H]1C(COC(C)=O)O[C@H](OC(=N)C(Cl)(Cl)Cl)C(N=[N+]=[N-])[C@H]1OCCCC. The maximum atomic E-state index is 11.4. The normalized spacial score (nSPS) is 26.1. The molecule has 10 nitrogen and oxygen atoms in total. The second-order valence-corrected chi connectivity index (χ2v) is 9.14. The van der Waals surface area contributed by atoms with Crippen molar-refractivity contribution in [3.8, 4) is 0 Å². The zero-order chi connectivity index (χ0) is 23.4. The third-order valence-electron chi connectivity index (χ3n) is 4.36. The number of unbranched alkanes of at least 4 members (excludes halogenated alkanes) is 2. The van der Waals surface area contributed by atoms with Gasteiger partial charge in [0.25, 0.3) is 3.79 Å². The number of hydrogen-bond donors (Lipinski definition) is 1. The van der Waals surface area contributed by atoms with Gasteiger partial charge in [0.1, 0.15) is 31.0 Å². The summed E-state index contributed by atoms with van der Waals surface area (Å²) >= 11 is 17.1. The Bertz CT molecular complexity index is 630. The lowest BCUT2D eigenvalue weighted by molar-refractivity contribution is -0.264. The van der Waals surface area contributed by atoms with Crippen molar-refractivity contribution in [2.75, 3.05) is 19.8 Å². The lowest BCUT2D eigenvalue weighted by Crippen LogP contribution is -2.61. The minimum absolute atomic E-state index is 0.163. The van der Waals surface area contributed by atoms with Crippen LogP contribution in [-0.4, -0.2) is 66.1 Å². The number of esters is 1. The van der Waals surface area contributed by atoms with Crippen molar-refractivity contribution >= 4 is 46.7 Å². The summed E-state index contributed by atoms with van der Waals surface area (Å²) in [6, 6.07) is -1.05. The van der Waals surface area contributed by atoms with Crippen LogP contribution in [-0.2, 0) is 28.5 Å². The number of nitrogens with zero attached hydrogens (tertiary/aromatic N) is 3. The van der Waals surface area contributed by atoms with Gasteiger partial charge in [-0.15, -0.1) is 0 Å². The number of nitrogens with one attached hydrogen (secondary N) is 1. The topological polar surface area (TPSA) is 136 Å². The Kier molecular flexibility index (Phi) is 12.9. The summed E-state index contributed by atoms with van der Waals surface area (Å²) in [6.45, 7) is 5.88. The molecule has 0 aromatic rings. The zero-order valence-corrected chi connectivity index (χ0v) is 20.0. The highest BCUT2D eigenvalue weighted by Crippen LogP contribution is 2.33. The van der Waals surface area contributed by atoms with Crippen molar-refractivity contribution in [1.82, 2.24) is 0 Å². The number of hydrogen-bond acceptors (Lipinski definition) is 8. The van der Waals surface area contributed by atoms with E-state index in [2.05, 4.69) is 10.0 Å². The molecule has 1 saturated heterocycles. The predicted octanol–water partition coefficient (Wildman–Crippen LogP) is 4.69. The maximum absolute atomic E-state index is 11.4. The molecular weight excluding hydrogens is 475 g/mol. The van der Waals surface area contributed by atoms with Crippen LogP contribution in [0.5, 0.6) is 0 Å². The van der Waals surface area contributed by atoms with E-state index < -0.39 is 46.3 Å². The molecule has 1 aliphatic heterocycles. The van der Waals surface area contributed by atoms with Gasteiger partial charge in [-0.1, -0.05) is 66.6 Å². The molecule has 0 bridgehead atoms. The highest BCUT2D eigenvalue weighted by atomic mass is 35.6. The van der Waals surface area contributed by atoms with E-state index in [1.54, 1.807) is 0 Å². The average molecular weight is 504 g/mol. The Balaban J connectivity index is 3.24. The van der Waals surface area contributed by atoms with E-state index in [9.17, 15) is 4.79 Å². The molecule has 2 unspecified atom stereocenters. The van der Waals surface area contributed by atoms with Crippen LogP contribution >= 0.6 is 34.8 Å². The highest BCUT2D eigenvalue weighted by Gasteiger charge is 2.50. The van der Waals surface area contributed by atoms with E-state index in [-0.39, 0.29) is 6.61 Å². The van der Waals surface area contributed by atoms with Gasteiger partial charge in [-0.3, -0.25) is 10.2 Å². The molecule has 31 heavy (non-hydrogen) atoms. The monoisotopic (exact) mass is 502 g/mol. The minimum atomic E-state index is -2.15. The van der Waals surface area contributed by atoms with Crippen molar-refractivity contribution < 1.29 is 28.5 Å². The zero-order valence-electron chi connectivity index (χ0n) is 17.8. The highest BCUT2D eigenvalue weighted by molar-refractivity contribution is 6.76. The van der Waals surface area contributed by atoms with Gasteiger partial charge in [0.15, 0.2) is 0 Å². The first kappa shape index (κ1) is 28.0. The molecular formula is C18H29Cl3N4O6. The molecule has 0 saturated carbocycles. The quantitative estimate of drug-likeness (QED) is 0.0599. The van der Waals surface area contributed by atoms with Gasteiger partial charge in [-0.2, -0.15) is 0 Å².